The molecule has 0 amide bonds. The molecular weight excluding hydrogens is 515 g/mol. The predicted octanol–water partition coefficient (Wildman–Crippen LogP) is 3.58. The lowest BCUT2D eigenvalue weighted by Crippen LogP contribution is -2.53. The fourth-order valence-corrected chi connectivity index (χ4v) is 4.63. The van der Waals surface area contributed by atoms with Crippen LogP contribution in [0.25, 0.3) is 0 Å². The third kappa shape index (κ3) is 6.24. The number of esters is 3. The molecule has 198 valence electrons. The van der Waals surface area contributed by atoms with Crippen molar-refractivity contribution in [3.8, 4) is 11.5 Å². The van der Waals surface area contributed by atoms with E-state index in [1.54, 1.807) is 12.1 Å². The summed E-state index contributed by atoms with van der Waals surface area (Å²) in [4.78, 5) is 35.9. The standard InChI is InChI=1S/C27H26BClO9/c1-14(30)35-25-23(13-28)38-24(26(36-15(2)31)27(25)37-16(3)32)18-5-6-20(29)19(12-18)10-17-4-7-21-22(11-17)34-9-8-33-21/h4-7,11-13,24-27H,8-10H2,1-3H3/b23-13+. The molecule has 0 bridgehead atoms. The Morgan fingerprint density at radius 1 is 0.921 bits per heavy atom. The van der Waals surface area contributed by atoms with E-state index in [0.29, 0.717) is 41.7 Å². The molecule has 2 aliphatic heterocycles. The van der Waals surface area contributed by atoms with Gasteiger partial charge in [0.25, 0.3) is 0 Å². The Labute approximate surface area is 226 Å². The first-order valence-electron chi connectivity index (χ1n) is 11.9. The number of fused-ring (bicyclic) bond motifs is 1. The average Bonchev–Trinajstić information content (AvgIpc) is 2.86. The Morgan fingerprint density at radius 2 is 1.58 bits per heavy atom. The zero-order valence-corrected chi connectivity index (χ0v) is 21.9. The van der Waals surface area contributed by atoms with Crippen molar-refractivity contribution < 1.29 is 42.8 Å². The molecule has 4 atom stereocenters. The molecule has 9 nitrogen and oxygen atoms in total. The molecule has 2 aromatic rings. The lowest BCUT2D eigenvalue weighted by molar-refractivity contribution is -0.211. The van der Waals surface area contributed by atoms with E-state index >= 15 is 0 Å². The second-order valence-electron chi connectivity index (χ2n) is 8.79. The number of hydrogen-bond donors (Lipinski definition) is 0. The van der Waals surface area contributed by atoms with Crippen molar-refractivity contribution in [3.63, 3.8) is 0 Å². The van der Waals surface area contributed by atoms with Crippen LogP contribution in [0, 0.1) is 0 Å². The molecular formula is C27H26BClO9. The molecule has 1 saturated heterocycles. The summed E-state index contributed by atoms with van der Waals surface area (Å²) in [7, 11) is 5.79. The molecule has 11 heteroatoms. The van der Waals surface area contributed by atoms with E-state index < -0.39 is 42.3 Å². The minimum Gasteiger partial charge on any atom is -0.486 e. The van der Waals surface area contributed by atoms with Crippen LogP contribution in [0.5, 0.6) is 11.5 Å². The third-order valence-corrected chi connectivity index (χ3v) is 6.29. The summed E-state index contributed by atoms with van der Waals surface area (Å²) < 4.78 is 33.8. The van der Waals surface area contributed by atoms with Crippen molar-refractivity contribution in [2.45, 2.75) is 51.6 Å². The van der Waals surface area contributed by atoms with Crippen LogP contribution in [0.3, 0.4) is 0 Å². The van der Waals surface area contributed by atoms with Gasteiger partial charge < -0.3 is 28.4 Å². The number of benzene rings is 2. The highest BCUT2D eigenvalue weighted by Gasteiger charge is 2.50. The third-order valence-electron chi connectivity index (χ3n) is 5.92. The Balaban J connectivity index is 1.71. The number of hydrogen-bond acceptors (Lipinski definition) is 9. The van der Waals surface area contributed by atoms with E-state index in [4.69, 9.17) is 47.9 Å². The minimum absolute atomic E-state index is 0.0446. The second kappa shape index (κ2) is 11.8. The highest BCUT2D eigenvalue weighted by Crippen LogP contribution is 2.40. The SMILES string of the molecule is [B]/C=C1/OC(c2ccc(Cl)c(Cc3ccc4c(c3)OCCO4)c2)C(OC(C)=O)C(OC(C)=O)C1OC(C)=O. The van der Waals surface area contributed by atoms with Crippen LogP contribution in [0.2, 0.25) is 5.02 Å². The van der Waals surface area contributed by atoms with E-state index in [-0.39, 0.29) is 5.76 Å². The number of ether oxygens (including phenoxy) is 6. The van der Waals surface area contributed by atoms with Gasteiger partial charge in [0.05, 0.1) is 0 Å². The van der Waals surface area contributed by atoms with E-state index in [1.165, 1.54) is 20.8 Å². The number of halogens is 1. The van der Waals surface area contributed by atoms with Crippen molar-refractivity contribution in [1.29, 1.82) is 0 Å². The zero-order valence-electron chi connectivity index (χ0n) is 21.1. The van der Waals surface area contributed by atoms with Crippen molar-refractivity contribution >= 4 is 37.4 Å². The molecule has 4 rings (SSSR count). The van der Waals surface area contributed by atoms with Crippen LogP contribution in [0.1, 0.15) is 43.6 Å². The van der Waals surface area contributed by atoms with Crippen LogP contribution in [0.4, 0.5) is 0 Å². The van der Waals surface area contributed by atoms with E-state index in [1.807, 2.05) is 24.3 Å². The van der Waals surface area contributed by atoms with Gasteiger partial charge in [-0.1, -0.05) is 35.8 Å². The molecule has 2 heterocycles. The molecule has 4 unspecified atom stereocenters. The van der Waals surface area contributed by atoms with E-state index in [0.717, 1.165) is 17.1 Å². The number of rotatable bonds is 6. The maximum absolute atomic E-state index is 12.1. The van der Waals surface area contributed by atoms with Crippen molar-refractivity contribution in [3.05, 3.63) is 69.8 Å². The first-order chi connectivity index (χ1) is 18.2. The van der Waals surface area contributed by atoms with E-state index in [2.05, 4.69) is 0 Å². The van der Waals surface area contributed by atoms with Gasteiger partial charge in [0, 0.05) is 25.8 Å². The molecule has 0 saturated carbocycles. The van der Waals surface area contributed by atoms with Crippen LogP contribution in [0.15, 0.2) is 48.1 Å². The largest absolute Gasteiger partial charge is 0.486 e. The minimum atomic E-state index is -1.22. The number of carbonyl (C=O) groups is 3. The van der Waals surface area contributed by atoms with Gasteiger partial charge in [-0.3, -0.25) is 14.4 Å². The monoisotopic (exact) mass is 540 g/mol. The van der Waals surface area contributed by atoms with Gasteiger partial charge >= 0.3 is 17.9 Å². The maximum Gasteiger partial charge on any atom is 0.303 e. The summed E-state index contributed by atoms with van der Waals surface area (Å²) in [5.41, 5.74) is 2.27. The zero-order chi connectivity index (χ0) is 27.4. The number of carbonyl (C=O) groups excluding carboxylic acids is 3. The van der Waals surface area contributed by atoms with Crippen LogP contribution < -0.4 is 9.47 Å². The van der Waals surface area contributed by atoms with Crippen molar-refractivity contribution in [2.75, 3.05) is 13.2 Å². The summed E-state index contributed by atoms with van der Waals surface area (Å²) in [5.74, 6) is 0.522. The van der Waals surface area contributed by atoms with Gasteiger partial charge in [0.2, 0.25) is 0 Å². The Morgan fingerprint density at radius 3 is 2.24 bits per heavy atom. The lowest BCUT2D eigenvalue weighted by atomic mass is 9.89. The van der Waals surface area contributed by atoms with Gasteiger partial charge in [-0.25, -0.2) is 0 Å². The van der Waals surface area contributed by atoms with Crippen LogP contribution in [-0.4, -0.2) is 57.3 Å². The Bertz CT molecular complexity index is 1260. The normalized spacial score (nSPS) is 23.2. The quantitative estimate of drug-likeness (QED) is 0.309. The van der Waals surface area contributed by atoms with Crippen molar-refractivity contribution in [1.82, 2.24) is 0 Å². The lowest BCUT2D eigenvalue weighted by Gasteiger charge is -2.42. The summed E-state index contributed by atoms with van der Waals surface area (Å²) in [6.07, 6.45) is -4.09. The van der Waals surface area contributed by atoms with Gasteiger partial charge in [-0.15, -0.1) is 0 Å². The molecule has 0 aromatic heterocycles. The molecule has 38 heavy (non-hydrogen) atoms. The highest BCUT2D eigenvalue weighted by molar-refractivity contribution is 6.31. The van der Waals surface area contributed by atoms with E-state index in [9.17, 15) is 14.4 Å². The molecule has 2 aliphatic rings. The van der Waals surface area contributed by atoms with Gasteiger partial charge in [0.1, 0.15) is 26.8 Å². The predicted molar refractivity (Wildman–Crippen MR) is 136 cm³/mol. The first kappa shape index (κ1) is 27.4. The summed E-state index contributed by atoms with van der Waals surface area (Å²) in [6, 6.07) is 10.9. The fraction of sp³-hybridized carbons (Fsp3) is 0.370. The van der Waals surface area contributed by atoms with Gasteiger partial charge in [0.15, 0.2) is 35.9 Å². The van der Waals surface area contributed by atoms with Crippen molar-refractivity contribution in [2.24, 2.45) is 0 Å². The molecule has 1 fully saturated rings. The molecule has 0 aliphatic carbocycles. The van der Waals surface area contributed by atoms with Crippen LogP contribution in [-0.2, 0) is 39.8 Å². The second-order valence-corrected chi connectivity index (χ2v) is 9.20. The highest BCUT2D eigenvalue weighted by atomic mass is 35.5. The smallest absolute Gasteiger partial charge is 0.303 e. The fourth-order valence-electron chi connectivity index (χ4n) is 4.45. The van der Waals surface area contributed by atoms with Gasteiger partial charge in [-0.2, -0.15) is 0 Å². The van der Waals surface area contributed by atoms with Gasteiger partial charge in [-0.05, 0) is 41.3 Å². The topological polar surface area (TPSA) is 107 Å². The first-order valence-corrected chi connectivity index (χ1v) is 12.3. The average molecular weight is 541 g/mol. The van der Waals surface area contributed by atoms with Crippen LogP contribution >= 0.6 is 11.6 Å². The Hall–Kier alpha value is -3.66. The summed E-state index contributed by atoms with van der Waals surface area (Å²) in [5, 5.41) is 0.507. The molecule has 2 radical (unpaired) electrons. The summed E-state index contributed by atoms with van der Waals surface area (Å²) in [6.45, 7) is 4.57. The molecule has 2 aromatic carbocycles. The molecule has 0 N–H and O–H groups in total. The summed E-state index contributed by atoms with van der Waals surface area (Å²) >= 11 is 6.54. The molecule has 0 spiro atoms. The maximum atomic E-state index is 12.1. The Kier molecular flexibility index (Phi) is 8.51.